The molecule has 2 N–H and O–H groups in total. The van der Waals surface area contributed by atoms with E-state index in [-0.39, 0.29) is 44.8 Å². The molecule has 0 aliphatic heterocycles. The van der Waals surface area contributed by atoms with Gasteiger partial charge in [-0.25, -0.2) is 0 Å². The van der Waals surface area contributed by atoms with Crippen molar-refractivity contribution in [1.82, 2.24) is 19.9 Å². The number of alkyl halides is 6. The van der Waals surface area contributed by atoms with Crippen LogP contribution >= 0.6 is 23.5 Å². The fraction of sp³-hybridized carbons (Fsp3) is 0.125. The third kappa shape index (κ3) is 16.5. The topological polar surface area (TPSA) is 160 Å². The van der Waals surface area contributed by atoms with E-state index < -0.39 is 31.3 Å². The molecule has 0 aliphatic carbocycles. The third-order valence-corrected chi connectivity index (χ3v) is 9.42. The van der Waals surface area contributed by atoms with Crippen LogP contribution in [-0.4, -0.2) is 56.9 Å². The van der Waals surface area contributed by atoms with E-state index in [2.05, 4.69) is 80.6 Å². The maximum atomic E-state index is 10.7. The fourth-order valence-electron chi connectivity index (χ4n) is 3.67. The number of fused-ring (bicyclic) bond motifs is 2. The number of pyridine rings is 4. The van der Waals surface area contributed by atoms with Gasteiger partial charge in [0.1, 0.15) is 0 Å². The van der Waals surface area contributed by atoms with Crippen molar-refractivity contribution >= 4 is 65.6 Å². The molecular weight excluding hydrogens is 994 g/mol. The molecule has 296 valence electrons. The van der Waals surface area contributed by atoms with Gasteiger partial charge < -0.3 is 0 Å². The van der Waals surface area contributed by atoms with Crippen molar-refractivity contribution in [3.63, 3.8) is 0 Å². The van der Waals surface area contributed by atoms with Crippen LogP contribution in [0.1, 0.15) is 11.1 Å². The summed E-state index contributed by atoms with van der Waals surface area (Å²) in [6, 6.07) is 28.8. The minimum Gasteiger partial charge on any atom is -0.279 e. The third-order valence-electron chi connectivity index (χ3n) is 6.01. The Balaban J connectivity index is 0.000000382. The molecule has 4 aromatic heterocycles. The summed E-state index contributed by atoms with van der Waals surface area (Å²) in [7, 11) is -11.7. The molecule has 0 spiro atoms. The number of benzene rings is 2. The van der Waals surface area contributed by atoms with Gasteiger partial charge in [0.2, 0.25) is 0 Å². The average Bonchev–Trinajstić information content (AvgIpc) is 3.10. The van der Waals surface area contributed by atoms with Crippen molar-refractivity contribution < 1.29 is 97.0 Å². The summed E-state index contributed by atoms with van der Waals surface area (Å²) < 4.78 is 115. The number of rotatable bonds is 6. The summed E-state index contributed by atoms with van der Waals surface area (Å²) in [4.78, 5) is 19.6. The quantitative estimate of drug-likeness (QED) is 0.0539. The van der Waals surface area contributed by atoms with Crippen LogP contribution in [0.25, 0.3) is 21.8 Å². The van der Waals surface area contributed by atoms with Gasteiger partial charge in [0.25, 0.3) is 0 Å². The molecule has 4 heterocycles. The smallest absolute Gasteiger partial charge is 0.279 e. The zero-order valence-corrected chi connectivity index (χ0v) is 33.0. The number of para-hydroxylation sites is 2. The van der Waals surface area contributed by atoms with Crippen molar-refractivity contribution in [2.24, 2.45) is 0 Å². The van der Waals surface area contributed by atoms with Crippen LogP contribution in [0.5, 0.6) is 0 Å². The predicted molar refractivity (Wildman–Crippen MR) is 186 cm³/mol. The SMILES string of the molecule is O=S(=O)(O)C(F)(F)F.O=S(=O)(O)C(F)(F)F.[Ag+].[Ag+].c1cncc(CSc2cccc3cccnc23)c1.c1cncc(CSc2cccc3cccnc23)c1. The Kier molecular flexibility index (Phi) is 20.6. The van der Waals surface area contributed by atoms with E-state index in [9.17, 15) is 26.3 Å². The molecule has 54 heavy (non-hydrogen) atoms. The number of hydrogen-bond acceptors (Lipinski definition) is 10. The van der Waals surface area contributed by atoms with Gasteiger partial charge in [-0.15, -0.1) is 23.5 Å². The van der Waals surface area contributed by atoms with Crippen LogP contribution in [-0.2, 0) is 76.5 Å². The van der Waals surface area contributed by atoms with E-state index in [1.54, 1.807) is 35.9 Å². The molecule has 0 fully saturated rings. The fourth-order valence-corrected chi connectivity index (χ4v) is 5.62. The van der Waals surface area contributed by atoms with Crippen molar-refractivity contribution in [1.29, 1.82) is 0 Å². The number of hydrogen-bond donors (Lipinski definition) is 2. The molecule has 22 heteroatoms. The van der Waals surface area contributed by atoms with Crippen molar-refractivity contribution in [3.8, 4) is 0 Å². The Bertz CT molecular complexity index is 2090. The molecule has 0 saturated heterocycles. The first-order chi connectivity index (χ1) is 24.4. The van der Waals surface area contributed by atoms with Gasteiger partial charge in [0.15, 0.2) is 0 Å². The minimum absolute atomic E-state index is 0. The zero-order chi connectivity index (χ0) is 38.4. The molecule has 0 unspecified atom stereocenters. The van der Waals surface area contributed by atoms with Gasteiger partial charge >= 0.3 is 76.0 Å². The summed E-state index contributed by atoms with van der Waals surface area (Å²) in [5, 5.41) is 2.38. The molecule has 6 rings (SSSR count). The van der Waals surface area contributed by atoms with Gasteiger partial charge in [0.05, 0.1) is 11.0 Å². The minimum atomic E-state index is -5.84. The molecular formula is C32H26Ag2F6N4O6S4+2. The largest absolute Gasteiger partial charge is 1.00 e. The van der Waals surface area contributed by atoms with Crippen LogP contribution in [0.3, 0.4) is 0 Å². The van der Waals surface area contributed by atoms with Crippen LogP contribution in [0.2, 0.25) is 0 Å². The summed E-state index contributed by atoms with van der Waals surface area (Å²) in [6.45, 7) is 0. The Morgan fingerprint density at radius 3 is 1.13 bits per heavy atom. The molecule has 0 radical (unpaired) electrons. The standard InChI is InChI=1S/2C15H12N2S.2CHF3O3S.2Ag/c2*1-5-13-6-3-9-17-15(13)14(7-1)18-11-12-4-2-8-16-10-12;2*2-1(3,4)8(5,6)7;;/h2*1-10H,11H2;2*(H,5,6,7);;/q;;;;2*+1. The predicted octanol–water partition coefficient (Wildman–Crippen LogP) is 8.63. The number of nitrogens with zero attached hydrogens (tertiary/aromatic N) is 4. The van der Waals surface area contributed by atoms with E-state index in [1.165, 1.54) is 31.7 Å². The summed E-state index contributed by atoms with van der Waals surface area (Å²) in [5.41, 5.74) is -6.45. The van der Waals surface area contributed by atoms with Crippen LogP contribution in [0.15, 0.2) is 132 Å². The van der Waals surface area contributed by atoms with Crippen LogP contribution in [0, 0.1) is 0 Å². The molecule has 0 aliphatic rings. The molecule has 0 amide bonds. The van der Waals surface area contributed by atoms with Crippen LogP contribution in [0.4, 0.5) is 26.3 Å². The summed E-state index contributed by atoms with van der Waals surface area (Å²) in [5.74, 6) is 1.84. The van der Waals surface area contributed by atoms with E-state index in [0.29, 0.717) is 0 Å². The zero-order valence-electron chi connectivity index (χ0n) is 26.8. The second-order valence-electron chi connectivity index (χ2n) is 9.80. The number of aromatic nitrogens is 4. The molecule has 0 bridgehead atoms. The Hall–Kier alpha value is -2.86. The Morgan fingerprint density at radius 1 is 0.519 bits per heavy atom. The maximum absolute atomic E-state index is 10.7. The normalized spacial score (nSPS) is 11.3. The van der Waals surface area contributed by atoms with E-state index in [1.807, 2.05) is 49.1 Å². The van der Waals surface area contributed by atoms with Crippen molar-refractivity contribution in [3.05, 3.63) is 133 Å². The first-order valence-corrected chi connectivity index (χ1v) is 19.0. The van der Waals surface area contributed by atoms with Gasteiger partial charge in [-0.1, -0.05) is 48.5 Å². The number of halogens is 6. The van der Waals surface area contributed by atoms with Gasteiger partial charge in [-0.2, -0.15) is 43.2 Å². The van der Waals surface area contributed by atoms with Gasteiger partial charge in [-0.05, 0) is 47.5 Å². The Morgan fingerprint density at radius 2 is 0.833 bits per heavy atom. The second-order valence-corrected chi connectivity index (χ2v) is 14.7. The summed E-state index contributed by atoms with van der Waals surface area (Å²) >= 11 is 3.60. The van der Waals surface area contributed by atoms with E-state index in [0.717, 1.165) is 22.5 Å². The molecule has 10 nitrogen and oxygen atoms in total. The molecule has 2 aromatic carbocycles. The number of thioether (sulfide) groups is 2. The summed E-state index contributed by atoms with van der Waals surface area (Å²) in [6.07, 6.45) is 11.1. The average molecular weight is 1020 g/mol. The maximum Gasteiger partial charge on any atom is 1.00 e. The van der Waals surface area contributed by atoms with E-state index in [4.69, 9.17) is 25.9 Å². The Labute approximate surface area is 345 Å². The van der Waals surface area contributed by atoms with Crippen molar-refractivity contribution in [2.75, 3.05) is 0 Å². The van der Waals surface area contributed by atoms with Gasteiger partial charge in [0, 0.05) is 69.3 Å². The van der Waals surface area contributed by atoms with E-state index >= 15 is 0 Å². The second kappa shape index (κ2) is 22.6. The first-order valence-electron chi connectivity index (χ1n) is 14.1. The molecule has 6 aromatic rings. The van der Waals surface area contributed by atoms with Gasteiger partial charge in [-0.3, -0.25) is 29.0 Å². The monoisotopic (exact) mass is 1020 g/mol. The first kappa shape index (κ1) is 49.2. The van der Waals surface area contributed by atoms with Crippen LogP contribution < -0.4 is 0 Å². The molecule has 0 atom stereocenters. The van der Waals surface area contributed by atoms with Crippen molar-refractivity contribution in [2.45, 2.75) is 32.3 Å². The molecule has 0 saturated carbocycles.